The molecule has 1 saturated heterocycles. The Bertz CT molecular complexity index is 1180. The maximum atomic E-state index is 12.8. The molecule has 1 aliphatic heterocycles. The van der Waals surface area contributed by atoms with Gasteiger partial charge in [-0.1, -0.05) is 24.3 Å². The highest BCUT2D eigenvalue weighted by molar-refractivity contribution is 7.89. The lowest BCUT2D eigenvalue weighted by atomic mass is 10.1. The van der Waals surface area contributed by atoms with Gasteiger partial charge < -0.3 is 9.88 Å². The fraction of sp³-hybridized carbons (Fsp3) is 0.348. The molecule has 1 N–H and O–H groups in total. The van der Waals surface area contributed by atoms with Gasteiger partial charge in [-0.3, -0.25) is 4.79 Å². The van der Waals surface area contributed by atoms with Crippen molar-refractivity contribution in [3.8, 4) is 0 Å². The molecule has 1 aliphatic rings. The van der Waals surface area contributed by atoms with Gasteiger partial charge in [0.1, 0.15) is 6.04 Å². The largest absolute Gasteiger partial charge is 0.350 e. The highest BCUT2D eigenvalue weighted by Gasteiger charge is 2.27. The van der Waals surface area contributed by atoms with Crippen molar-refractivity contribution in [3.05, 3.63) is 65.9 Å². The number of carbonyl (C=O) groups is 1. The molecule has 0 radical (unpaired) electrons. The Balaban J connectivity index is 1.53. The van der Waals surface area contributed by atoms with Crippen LogP contribution in [0.2, 0.25) is 0 Å². The van der Waals surface area contributed by atoms with E-state index in [0.717, 1.165) is 34.9 Å². The summed E-state index contributed by atoms with van der Waals surface area (Å²) in [7, 11) is -3.46. The lowest BCUT2D eigenvalue weighted by molar-refractivity contribution is -0.123. The average molecular weight is 426 g/mol. The average Bonchev–Trinajstić information content (AvgIpc) is 3.42. The van der Waals surface area contributed by atoms with Gasteiger partial charge in [0.15, 0.2) is 0 Å². The molecule has 1 aromatic heterocycles. The number of fused-ring (bicyclic) bond motifs is 1. The molecule has 1 fully saturated rings. The van der Waals surface area contributed by atoms with Crippen molar-refractivity contribution in [2.75, 3.05) is 13.1 Å². The van der Waals surface area contributed by atoms with Crippen molar-refractivity contribution in [2.24, 2.45) is 0 Å². The Morgan fingerprint density at radius 1 is 1.10 bits per heavy atom. The molecule has 1 unspecified atom stereocenters. The van der Waals surface area contributed by atoms with E-state index in [4.69, 9.17) is 0 Å². The Morgan fingerprint density at radius 3 is 2.57 bits per heavy atom. The van der Waals surface area contributed by atoms with Crippen LogP contribution in [0.5, 0.6) is 0 Å². The number of hydrogen-bond acceptors (Lipinski definition) is 3. The molecule has 7 heteroatoms. The third-order valence-corrected chi connectivity index (χ3v) is 7.80. The molecular formula is C23H27N3O3S. The number of nitrogens with one attached hydrogen (secondary N) is 1. The highest BCUT2D eigenvalue weighted by Crippen LogP contribution is 2.27. The summed E-state index contributed by atoms with van der Waals surface area (Å²) in [6.45, 7) is 5.52. The maximum absolute atomic E-state index is 12.8. The fourth-order valence-electron chi connectivity index (χ4n) is 3.98. The van der Waals surface area contributed by atoms with Gasteiger partial charge in [0.05, 0.1) is 4.90 Å². The summed E-state index contributed by atoms with van der Waals surface area (Å²) in [5, 5.41) is 3.82. The standard InChI is InChI=1S/C23H27N3O3S/c1-17-7-3-4-8-20(17)16-24-23(27)18(2)26-14-11-19-15-21(9-10-22(19)26)30(28,29)25-12-5-6-13-25/h3-4,7-11,14-15,18H,5-6,12-13,16H2,1-2H3,(H,24,27). The molecule has 4 rings (SSSR count). The molecule has 3 aromatic rings. The number of hydrogen-bond donors (Lipinski definition) is 1. The van der Waals surface area contributed by atoms with Gasteiger partial charge in [-0.15, -0.1) is 0 Å². The van der Waals surface area contributed by atoms with Gasteiger partial charge in [-0.25, -0.2) is 8.42 Å². The zero-order valence-corrected chi connectivity index (χ0v) is 18.2. The molecule has 0 saturated carbocycles. The van der Waals surface area contributed by atoms with E-state index in [1.54, 1.807) is 22.5 Å². The molecule has 30 heavy (non-hydrogen) atoms. The molecule has 1 atom stereocenters. The summed E-state index contributed by atoms with van der Waals surface area (Å²) in [6.07, 6.45) is 3.66. The molecule has 0 aliphatic carbocycles. The molecular weight excluding hydrogens is 398 g/mol. The minimum Gasteiger partial charge on any atom is -0.350 e. The summed E-state index contributed by atoms with van der Waals surface area (Å²) in [6, 6.07) is 14.6. The van der Waals surface area contributed by atoms with Gasteiger partial charge in [-0.2, -0.15) is 4.31 Å². The minimum atomic E-state index is -3.46. The van der Waals surface area contributed by atoms with Crippen LogP contribution in [0.1, 0.15) is 36.9 Å². The lowest BCUT2D eigenvalue weighted by Gasteiger charge is -2.17. The van der Waals surface area contributed by atoms with Crippen molar-refractivity contribution in [2.45, 2.75) is 44.2 Å². The van der Waals surface area contributed by atoms with E-state index in [0.29, 0.717) is 24.5 Å². The van der Waals surface area contributed by atoms with Crippen LogP contribution >= 0.6 is 0 Å². The van der Waals surface area contributed by atoms with Gasteiger partial charge in [0.25, 0.3) is 0 Å². The van der Waals surface area contributed by atoms with Crippen molar-refractivity contribution in [3.63, 3.8) is 0 Å². The smallest absolute Gasteiger partial charge is 0.243 e. The predicted octanol–water partition coefficient (Wildman–Crippen LogP) is 3.61. The topological polar surface area (TPSA) is 71.4 Å². The first-order chi connectivity index (χ1) is 14.4. The maximum Gasteiger partial charge on any atom is 0.243 e. The van der Waals surface area contributed by atoms with E-state index in [1.807, 2.05) is 54.9 Å². The number of carbonyl (C=O) groups excluding carboxylic acids is 1. The zero-order chi connectivity index (χ0) is 21.3. The summed E-state index contributed by atoms with van der Waals surface area (Å²) in [5.74, 6) is -0.0792. The first kappa shape index (κ1) is 20.6. The monoisotopic (exact) mass is 425 g/mol. The van der Waals surface area contributed by atoms with E-state index in [2.05, 4.69) is 5.32 Å². The van der Waals surface area contributed by atoms with Crippen LogP contribution < -0.4 is 5.32 Å². The molecule has 158 valence electrons. The van der Waals surface area contributed by atoms with E-state index in [9.17, 15) is 13.2 Å². The van der Waals surface area contributed by atoms with Gasteiger partial charge >= 0.3 is 0 Å². The highest BCUT2D eigenvalue weighted by atomic mass is 32.2. The molecule has 0 spiro atoms. The molecule has 2 aromatic carbocycles. The summed E-state index contributed by atoms with van der Waals surface area (Å²) >= 11 is 0. The predicted molar refractivity (Wildman–Crippen MR) is 118 cm³/mol. The SMILES string of the molecule is Cc1ccccc1CNC(=O)C(C)n1ccc2cc(S(=O)(=O)N3CCCC3)ccc21. The van der Waals surface area contributed by atoms with Crippen LogP contribution in [0.15, 0.2) is 59.6 Å². The van der Waals surface area contributed by atoms with Crippen molar-refractivity contribution < 1.29 is 13.2 Å². The molecule has 0 bridgehead atoms. The normalized spacial score (nSPS) is 16.1. The number of nitrogens with zero attached hydrogens (tertiary/aromatic N) is 2. The number of rotatable bonds is 6. The molecule has 1 amide bonds. The summed E-state index contributed by atoms with van der Waals surface area (Å²) in [4.78, 5) is 13.0. The van der Waals surface area contributed by atoms with Gasteiger partial charge in [0.2, 0.25) is 15.9 Å². The summed E-state index contributed by atoms with van der Waals surface area (Å²) in [5.41, 5.74) is 3.07. The Labute approximate surface area is 177 Å². The van der Waals surface area contributed by atoms with E-state index >= 15 is 0 Å². The first-order valence-corrected chi connectivity index (χ1v) is 11.7. The molecule has 2 heterocycles. The molecule has 6 nitrogen and oxygen atoms in total. The Kier molecular flexibility index (Phi) is 5.66. The van der Waals surface area contributed by atoms with E-state index in [1.165, 1.54) is 0 Å². The Morgan fingerprint density at radius 2 is 1.83 bits per heavy atom. The quantitative estimate of drug-likeness (QED) is 0.656. The van der Waals surface area contributed by atoms with Crippen LogP contribution in [0.25, 0.3) is 10.9 Å². The fourth-order valence-corrected chi connectivity index (χ4v) is 5.54. The number of sulfonamides is 1. The van der Waals surface area contributed by atoms with Crippen LogP contribution in [0, 0.1) is 6.92 Å². The number of aryl methyl sites for hydroxylation is 1. The van der Waals surface area contributed by atoms with Crippen LogP contribution in [-0.2, 0) is 21.4 Å². The van der Waals surface area contributed by atoms with Crippen LogP contribution in [0.3, 0.4) is 0 Å². The van der Waals surface area contributed by atoms with Gasteiger partial charge in [0, 0.05) is 36.7 Å². The summed E-state index contributed by atoms with van der Waals surface area (Å²) < 4.78 is 29.1. The van der Waals surface area contributed by atoms with Crippen molar-refractivity contribution in [1.29, 1.82) is 0 Å². The van der Waals surface area contributed by atoms with Crippen LogP contribution in [-0.4, -0.2) is 36.3 Å². The second-order valence-electron chi connectivity index (χ2n) is 7.88. The second-order valence-corrected chi connectivity index (χ2v) is 9.81. The first-order valence-electron chi connectivity index (χ1n) is 10.3. The van der Waals surface area contributed by atoms with Crippen LogP contribution in [0.4, 0.5) is 0 Å². The Hall–Kier alpha value is -2.64. The third kappa shape index (κ3) is 3.87. The lowest BCUT2D eigenvalue weighted by Crippen LogP contribution is -2.30. The number of benzene rings is 2. The zero-order valence-electron chi connectivity index (χ0n) is 17.3. The van der Waals surface area contributed by atoms with E-state index in [-0.39, 0.29) is 5.91 Å². The van der Waals surface area contributed by atoms with E-state index < -0.39 is 16.1 Å². The number of aromatic nitrogens is 1. The number of amides is 1. The third-order valence-electron chi connectivity index (χ3n) is 5.91. The second kappa shape index (κ2) is 8.24. The van der Waals surface area contributed by atoms with Crippen molar-refractivity contribution in [1.82, 2.24) is 14.2 Å². The van der Waals surface area contributed by atoms with Crippen molar-refractivity contribution >= 4 is 26.8 Å². The minimum absolute atomic E-state index is 0.0792. The van der Waals surface area contributed by atoms with Gasteiger partial charge in [-0.05, 0) is 62.1 Å².